The van der Waals surface area contributed by atoms with Crippen LogP contribution in [0.2, 0.25) is 0 Å². The maximum atomic E-state index is 3.69. The van der Waals surface area contributed by atoms with Gasteiger partial charge < -0.3 is 5.32 Å². The Morgan fingerprint density at radius 3 is 2.82 bits per heavy atom. The molecule has 2 nitrogen and oxygen atoms in total. The van der Waals surface area contributed by atoms with Crippen LogP contribution in [0.25, 0.3) is 0 Å². The highest BCUT2D eigenvalue weighted by Crippen LogP contribution is 2.34. The molecular weight excluding hydrogens is 228 g/mol. The van der Waals surface area contributed by atoms with Crippen molar-refractivity contribution in [2.24, 2.45) is 0 Å². The van der Waals surface area contributed by atoms with Gasteiger partial charge in [0.1, 0.15) is 0 Å². The van der Waals surface area contributed by atoms with Gasteiger partial charge in [0.25, 0.3) is 0 Å². The average Bonchev–Trinajstić information content (AvgIpc) is 2.86. The van der Waals surface area contributed by atoms with Crippen LogP contribution in [0.3, 0.4) is 0 Å². The summed E-state index contributed by atoms with van der Waals surface area (Å²) in [6.45, 7) is 9.41. The lowest BCUT2D eigenvalue weighted by atomic mass is 10.2. The first-order chi connectivity index (χ1) is 8.20. The first kappa shape index (κ1) is 13.7. The summed E-state index contributed by atoms with van der Waals surface area (Å²) in [4.78, 5) is 2.76. The highest BCUT2D eigenvalue weighted by Gasteiger charge is 2.35. The van der Waals surface area contributed by atoms with E-state index in [1.807, 2.05) is 0 Å². The number of hydrogen-bond acceptors (Lipinski definition) is 3. The Morgan fingerprint density at radius 2 is 2.12 bits per heavy atom. The van der Waals surface area contributed by atoms with Gasteiger partial charge in [-0.3, -0.25) is 4.90 Å². The third-order valence-electron chi connectivity index (χ3n) is 4.06. The van der Waals surface area contributed by atoms with Crippen LogP contribution in [-0.2, 0) is 0 Å². The van der Waals surface area contributed by atoms with Gasteiger partial charge >= 0.3 is 0 Å². The fraction of sp³-hybridized carbons (Fsp3) is 1.00. The SMILES string of the molecule is CCSC1CCCC1N1CCC(NC(C)C)C1. The van der Waals surface area contributed by atoms with E-state index in [1.54, 1.807) is 0 Å². The van der Waals surface area contributed by atoms with Crippen LogP contribution in [-0.4, -0.2) is 47.1 Å². The summed E-state index contributed by atoms with van der Waals surface area (Å²) in [6, 6.07) is 2.24. The van der Waals surface area contributed by atoms with Crippen molar-refractivity contribution in [1.29, 1.82) is 0 Å². The first-order valence-corrected chi connectivity index (χ1v) is 8.37. The molecule has 3 atom stereocenters. The van der Waals surface area contributed by atoms with Gasteiger partial charge in [-0.15, -0.1) is 0 Å². The molecule has 2 aliphatic rings. The number of likely N-dealkylation sites (tertiary alicyclic amines) is 1. The predicted molar refractivity (Wildman–Crippen MR) is 77.8 cm³/mol. The lowest BCUT2D eigenvalue weighted by Gasteiger charge is -2.29. The highest BCUT2D eigenvalue weighted by molar-refractivity contribution is 7.99. The molecule has 3 unspecified atom stereocenters. The lowest BCUT2D eigenvalue weighted by Crippen LogP contribution is -2.41. The fourth-order valence-electron chi connectivity index (χ4n) is 3.43. The molecular formula is C14H28N2S. The van der Waals surface area contributed by atoms with Gasteiger partial charge in [-0.05, 0) is 25.0 Å². The van der Waals surface area contributed by atoms with Gasteiger partial charge in [0.15, 0.2) is 0 Å². The van der Waals surface area contributed by atoms with Gasteiger partial charge in [0, 0.05) is 36.5 Å². The summed E-state index contributed by atoms with van der Waals surface area (Å²) in [7, 11) is 0. The number of rotatable bonds is 5. The van der Waals surface area contributed by atoms with Gasteiger partial charge in [0.05, 0.1) is 0 Å². The molecule has 0 amide bonds. The van der Waals surface area contributed by atoms with Crippen molar-refractivity contribution >= 4 is 11.8 Å². The topological polar surface area (TPSA) is 15.3 Å². The second kappa shape index (κ2) is 6.44. The second-order valence-electron chi connectivity index (χ2n) is 5.79. The molecule has 0 bridgehead atoms. The van der Waals surface area contributed by atoms with Crippen molar-refractivity contribution in [3.8, 4) is 0 Å². The number of hydrogen-bond donors (Lipinski definition) is 1. The molecule has 1 N–H and O–H groups in total. The molecule has 1 aliphatic carbocycles. The molecule has 17 heavy (non-hydrogen) atoms. The predicted octanol–water partition coefficient (Wildman–Crippen LogP) is 2.73. The summed E-state index contributed by atoms with van der Waals surface area (Å²) in [6.07, 6.45) is 5.67. The molecule has 2 rings (SSSR count). The largest absolute Gasteiger partial charge is 0.310 e. The molecule has 0 radical (unpaired) electrons. The van der Waals surface area contributed by atoms with Crippen molar-refractivity contribution in [3.05, 3.63) is 0 Å². The normalized spacial score (nSPS) is 34.9. The van der Waals surface area contributed by atoms with Crippen LogP contribution < -0.4 is 5.32 Å². The zero-order chi connectivity index (χ0) is 12.3. The molecule has 1 saturated carbocycles. The molecule has 0 aromatic carbocycles. The summed E-state index contributed by atoms with van der Waals surface area (Å²) >= 11 is 2.19. The Kier molecular flexibility index (Phi) is 5.19. The lowest BCUT2D eigenvalue weighted by molar-refractivity contribution is 0.243. The van der Waals surface area contributed by atoms with E-state index in [0.29, 0.717) is 6.04 Å². The minimum absolute atomic E-state index is 0.629. The van der Waals surface area contributed by atoms with Gasteiger partial charge in [-0.25, -0.2) is 0 Å². The monoisotopic (exact) mass is 256 g/mol. The van der Waals surface area contributed by atoms with Crippen LogP contribution in [0.1, 0.15) is 46.5 Å². The Balaban J connectivity index is 1.82. The van der Waals surface area contributed by atoms with Crippen LogP contribution >= 0.6 is 11.8 Å². The average molecular weight is 256 g/mol. The van der Waals surface area contributed by atoms with Crippen molar-refractivity contribution in [2.75, 3.05) is 18.8 Å². The summed E-state index contributed by atoms with van der Waals surface area (Å²) in [5.41, 5.74) is 0. The minimum atomic E-state index is 0.629. The van der Waals surface area contributed by atoms with E-state index in [-0.39, 0.29) is 0 Å². The Hall–Kier alpha value is 0.270. The number of thioether (sulfide) groups is 1. The molecule has 1 heterocycles. The zero-order valence-electron chi connectivity index (χ0n) is 11.6. The summed E-state index contributed by atoms with van der Waals surface area (Å²) < 4.78 is 0. The molecule has 1 aliphatic heterocycles. The first-order valence-electron chi connectivity index (χ1n) is 7.32. The van der Waals surface area contributed by atoms with Gasteiger partial charge in [-0.1, -0.05) is 27.2 Å². The standard InChI is InChI=1S/C14H28N2S/c1-4-17-14-7-5-6-13(14)16-9-8-12(10-16)15-11(2)3/h11-15H,4-10H2,1-3H3. The van der Waals surface area contributed by atoms with E-state index in [9.17, 15) is 0 Å². The smallest absolute Gasteiger partial charge is 0.0215 e. The molecule has 1 saturated heterocycles. The van der Waals surface area contributed by atoms with Crippen LogP contribution in [0.5, 0.6) is 0 Å². The van der Waals surface area contributed by atoms with Crippen LogP contribution in [0.15, 0.2) is 0 Å². The molecule has 0 aromatic rings. The van der Waals surface area contributed by atoms with E-state index in [0.717, 1.165) is 17.3 Å². The third-order valence-corrected chi connectivity index (χ3v) is 5.37. The van der Waals surface area contributed by atoms with E-state index < -0.39 is 0 Å². The third kappa shape index (κ3) is 3.62. The van der Waals surface area contributed by atoms with Crippen LogP contribution in [0.4, 0.5) is 0 Å². The minimum Gasteiger partial charge on any atom is -0.310 e. The maximum Gasteiger partial charge on any atom is 0.0215 e. The van der Waals surface area contributed by atoms with E-state index in [2.05, 4.69) is 42.7 Å². The second-order valence-corrected chi connectivity index (χ2v) is 7.31. The summed E-state index contributed by atoms with van der Waals surface area (Å²) in [5.74, 6) is 1.28. The van der Waals surface area contributed by atoms with Crippen molar-refractivity contribution in [1.82, 2.24) is 10.2 Å². The maximum absolute atomic E-state index is 3.69. The molecule has 3 heteroatoms. The van der Waals surface area contributed by atoms with E-state index in [4.69, 9.17) is 0 Å². The van der Waals surface area contributed by atoms with Crippen molar-refractivity contribution in [2.45, 2.75) is 69.8 Å². The van der Waals surface area contributed by atoms with Crippen LogP contribution in [0, 0.1) is 0 Å². The van der Waals surface area contributed by atoms with E-state index in [1.165, 1.54) is 44.5 Å². The molecule has 0 spiro atoms. The molecule has 0 aromatic heterocycles. The Bertz CT molecular complexity index is 232. The van der Waals surface area contributed by atoms with Gasteiger partial charge in [-0.2, -0.15) is 11.8 Å². The fourth-order valence-corrected chi connectivity index (χ4v) is 4.72. The van der Waals surface area contributed by atoms with Crippen molar-refractivity contribution < 1.29 is 0 Å². The van der Waals surface area contributed by atoms with Gasteiger partial charge in [0.2, 0.25) is 0 Å². The Labute approximate surface area is 111 Å². The highest BCUT2D eigenvalue weighted by atomic mass is 32.2. The quantitative estimate of drug-likeness (QED) is 0.814. The number of nitrogens with zero attached hydrogens (tertiary/aromatic N) is 1. The van der Waals surface area contributed by atoms with E-state index >= 15 is 0 Å². The van der Waals surface area contributed by atoms with Crippen molar-refractivity contribution in [3.63, 3.8) is 0 Å². The molecule has 2 fully saturated rings. The summed E-state index contributed by atoms with van der Waals surface area (Å²) in [5, 5.41) is 4.61. The molecule has 100 valence electrons. The Morgan fingerprint density at radius 1 is 1.29 bits per heavy atom. The number of nitrogens with one attached hydrogen (secondary N) is 1. The zero-order valence-corrected chi connectivity index (χ0v) is 12.4.